The number of benzene rings is 3. The van der Waals surface area contributed by atoms with Gasteiger partial charge in [0, 0.05) is 17.3 Å². The summed E-state index contributed by atoms with van der Waals surface area (Å²) in [7, 11) is 0. The van der Waals surface area contributed by atoms with E-state index in [1.165, 1.54) is 4.68 Å². The van der Waals surface area contributed by atoms with Crippen molar-refractivity contribution in [2.45, 2.75) is 6.92 Å². The average Bonchev–Trinajstić information content (AvgIpc) is 3.33. The summed E-state index contributed by atoms with van der Waals surface area (Å²) >= 11 is 0. The molecule has 3 heterocycles. The molecule has 0 saturated heterocycles. The summed E-state index contributed by atoms with van der Waals surface area (Å²) in [6.07, 6.45) is 3.53. The van der Waals surface area contributed by atoms with Crippen molar-refractivity contribution in [3.63, 3.8) is 0 Å². The molecule has 172 valence electrons. The molecule has 0 amide bonds. The lowest BCUT2D eigenvalue weighted by molar-refractivity contribution is 0.171. The van der Waals surface area contributed by atoms with E-state index >= 15 is 0 Å². The second kappa shape index (κ2) is 8.57. The van der Waals surface area contributed by atoms with Crippen LogP contribution in [0.3, 0.4) is 0 Å². The number of hydrogen-bond donors (Lipinski definition) is 0. The van der Waals surface area contributed by atoms with Crippen molar-refractivity contribution in [3.05, 3.63) is 101 Å². The van der Waals surface area contributed by atoms with Crippen LogP contribution in [0.4, 0.5) is 0 Å². The predicted molar refractivity (Wildman–Crippen MR) is 134 cm³/mol. The fraction of sp³-hybridized carbons (Fsp3) is 0.111. The van der Waals surface area contributed by atoms with E-state index in [0.717, 1.165) is 16.8 Å². The van der Waals surface area contributed by atoms with Gasteiger partial charge in [0.05, 0.1) is 22.8 Å². The topological polar surface area (TPSA) is 83.5 Å². The lowest BCUT2D eigenvalue weighted by atomic mass is 10.1. The zero-order valence-electron chi connectivity index (χ0n) is 19.0. The second-order valence-corrected chi connectivity index (χ2v) is 8.11. The Morgan fingerprint density at radius 2 is 1.71 bits per heavy atom. The molecule has 0 spiro atoms. The Balaban J connectivity index is 1.48. The maximum atomic E-state index is 13.1. The molecule has 0 bridgehead atoms. The molecule has 8 heteroatoms. The molecule has 0 saturated carbocycles. The van der Waals surface area contributed by atoms with Crippen LogP contribution in [-0.2, 0) is 0 Å². The van der Waals surface area contributed by atoms with E-state index in [0.29, 0.717) is 47.1 Å². The Morgan fingerprint density at radius 3 is 2.57 bits per heavy atom. The lowest BCUT2D eigenvalue weighted by Crippen LogP contribution is -2.20. The Hall–Kier alpha value is -4.72. The smallest absolute Gasteiger partial charge is 0.282 e. The van der Waals surface area contributed by atoms with Crippen LogP contribution in [0.25, 0.3) is 27.8 Å². The molecule has 2 aromatic heterocycles. The van der Waals surface area contributed by atoms with Gasteiger partial charge in [-0.05, 0) is 49.4 Å². The van der Waals surface area contributed by atoms with Crippen molar-refractivity contribution < 1.29 is 9.47 Å². The van der Waals surface area contributed by atoms with Gasteiger partial charge in [-0.25, -0.2) is 9.67 Å². The van der Waals surface area contributed by atoms with Crippen molar-refractivity contribution in [3.8, 4) is 28.4 Å². The molecule has 0 N–H and O–H groups in total. The monoisotopic (exact) mass is 463 g/mol. The molecule has 5 aromatic rings. The molecule has 1 aliphatic rings. The van der Waals surface area contributed by atoms with Gasteiger partial charge in [-0.3, -0.25) is 4.79 Å². The molecule has 6 rings (SSSR count). The van der Waals surface area contributed by atoms with Crippen molar-refractivity contribution >= 4 is 17.1 Å². The number of hydrogen-bond acceptors (Lipinski definition) is 6. The Bertz CT molecular complexity index is 1640. The van der Waals surface area contributed by atoms with E-state index in [-0.39, 0.29) is 5.56 Å². The third-order valence-corrected chi connectivity index (χ3v) is 5.81. The highest BCUT2D eigenvalue weighted by Gasteiger charge is 2.17. The molecule has 35 heavy (non-hydrogen) atoms. The largest absolute Gasteiger partial charge is 0.486 e. The minimum atomic E-state index is -0.222. The fourth-order valence-corrected chi connectivity index (χ4v) is 4.10. The number of aryl methyl sites for hydroxylation is 1. The first-order valence-corrected chi connectivity index (χ1v) is 11.3. The third-order valence-electron chi connectivity index (χ3n) is 5.81. The van der Waals surface area contributed by atoms with Gasteiger partial charge in [0.2, 0.25) is 0 Å². The third kappa shape index (κ3) is 3.85. The van der Waals surface area contributed by atoms with E-state index in [4.69, 9.17) is 14.6 Å². The van der Waals surface area contributed by atoms with Crippen LogP contribution in [0.1, 0.15) is 11.4 Å². The van der Waals surface area contributed by atoms with E-state index in [1.54, 1.807) is 23.9 Å². The molecule has 3 aromatic carbocycles. The van der Waals surface area contributed by atoms with Gasteiger partial charge >= 0.3 is 0 Å². The fourth-order valence-electron chi connectivity index (χ4n) is 4.10. The van der Waals surface area contributed by atoms with Gasteiger partial charge in [-0.1, -0.05) is 30.3 Å². The van der Waals surface area contributed by atoms with E-state index in [9.17, 15) is 4.79 Å². The van der Waals surface area contributed by atoms with Crippen LogP contribution in [0.5, 0.6) is 11.5 Å². The minimum absolute atomic E-state index is 0.222. The predicted octanol–water partition coefficient (Wildman–Crippen LogP) is 4.21. The highest BCUT2D eigenvalue weighted by molar-refractivity contribution is 5.89. The molecule has 0 radical (unpaired) electrons. The summed E-state index contributed by atoms with van der Waals surface area (Å²) in [4.78, 5) is 17.6. The normalized spacial score (nSPS) is 12.9. The lowest BCUT2D eigenvalue weighted by Gasteiger charge is -2.18. The van der Waals surface area contributed by atoms with E-state index < -0.39 is 0 Å². The molecule has 0 fully saturated rings. The summed E-state index contributed by atoms with van der Waals surface area (Å²) in [6.45, 7) is 2.79. The van der Waals surface area contributed by atoms with Crippen LogP contribution >= 0.6 is 0 Å². The summed E-state index contributed by atoms with van der Waals surface area (Å²) in [6, 6.07) is 22.8. The SMILES string of the molecule is Cc1nc2ccccc2c(=O)n1/N=C/c1cn(-c2ccccc2)nc1-c1ccc2c(c1)OCCO2. The molecular weight excluding hydrogens is 442 g/mol. The number of nitrogens with zero attached hydrogens (tertiary/aromatic N) is 5. The quantitative estimate of drug-likeness (QED) is 0.373. The van der Waals surface area contributed by atoms with Crippen molar-refractivity contribution in [2.24, 2.45) is 5.10 Å². The first-order valence-electron chi connectivity index (χ1n) is 11.3. The maximum Gasteiger partial charge on any atom is 0.282 e. The van der Waals surface area contributed by atoms with Crippen LogP contribution in [-0.4, -0.2) is 38.9 Å². The summed E-state index contributed by atoms with van der Waals surface area (Å²) in [5.74, 6) is 1.89. The van der Waals surface area contributed by atoms with E-state index in [2.05, 4.69) is 10.1 Å². The molecule has 8 nitrogen and oxygen atoms in total. The van der Waals surface area contributed by atoms with Crippen LogP contribution in [0.15, 0.2) is 88.9 Å². The Morgan fingerprint density at radius 1 is 0.943 bits per heavy atom. The molecule has 0 aliphatic carbocycles. The van der Waals surface area contributed by atoms with Gasteiger partial charge in [-0.2, -0.15) is 14.9 Å². The average molecular weight is 463 g/mol. The van der Waals surface area contributed by atoms with Gasteiger partial charge in [-0.15, -0.1) is 0 Å². The van der Waals surface area contributed by atoms with Crippen molar-refractivity contribution in [2.75, 3.05) is 13.2 Å². The Labute approximate surface area is 200 Å². The molecule has 0 atom stereocenters. The van der Waals surface area contributed by atoms with Gasteiger partial charge in [0.25, 0.3) is 5.56 Å². The maximum absolute atomic E-state index is 13.1. The summed E-state index contributed by atoms with van der Waals surface area (Å²) in [5, 5.41) is 9.86. The number of aromatic nitrogens is 4. The highest BCUT2D eigenvalue weighted by Crippen LogP contribution is 2.35. The van der Waals surface area contributed by atoms with Gasteiger partial charge < -0.3 is 9.47 Å². The van der Waals surface area contributed by atoms with Crippen LogP contribution in [0, 0.1) is 6.92 Å². The zero-order chi connectivity index (χ0) is 23.8. The summed E-state index contributed by atoms with van der Waals surface area (Å²) in [5.41, 5.74) is 3.63. The van der Waals surface area contributed by atoms with Crippen LogP contribution < -0.4 is 15.0 Å². The molecule has 1 aliphatic heterocycles. The van der Waals surface area contributed by atoms with Crippen molar-refractivity contribution in [1.29, 1.82) is 0 Å². The number of fused-ring (bicyclic) bond motifs is 2. The Kier molecular flexibility index (Phi) is 5.11. The molecular formula is C27H21N5O3. The second-order valence-electron chi connectivity index (χ2n) is 8.11. The first kappa shape index (κ1) is 20.9. The number of ether oxygens (including phenoxy) is 2. The molecule has 0 unspecified atom stereocenters. The number of rotatable bonds is 4. The highest BCUT2D eigenvalue weighted by atomic mass is 16.6. The van der Waals surface area contributed by atoms with Crippen molar-refractivity contribution in [1.82, 2.24) is 19.4 Å². The van der Waals surface area contributed by atoms with Gasteiger partial charge in [0.15, 0.2) is 11.5 Å². The van der Waals surface area contributed by atoms with Crippen LogP contribution in [0.2, 0.25) is 0 Å². The zero-order valence-corrected chi connectivity index (χ0v) is 19.0. The number of para-hydroxylation sites is 2. The standard InChI is InChI=1S/C27H21N5O3/c1-18-29-23-10-6-5-9-22(23)27(33)32(18)28-16-20-17-31(21-7-3-2-4-8-21)30-26(20)19-11-12-24-25(15-19)35-14-13-34-24/h2-12,15-17H,13-14H2,1H3/b28-16+. The summed E-state index contributed by atoms with van der Waals surface area (Å²) < 4.78 is 14.5. The van der Waals surface area contributed by atoms with E-state index in [1.807, 2.05) is 72.9 Å². The van der Waals surface area contributed by atoms with Gasteiger partial charge in [0.1, 0.15) is 24.7 Å². The first-order chi connectivity index (χ1) is 17.2. The minimum Gasteiger partial charge on any atom is -0.486 e.